The molecule has 2 aromatic heterocycles. The van der Waals surface area contributed by atoms with Crippen molar-refractivity contribution in [3.8, 4) is 11.4 Å². The topological polar surface area (TPSA) is 72.7 Å². The molecule has 0 fully saturated rings. The van der Waals surface area contributed by atoms with E-state index < -0.39 is 0 Å². The number of rotatable bonds is 6. The number of carbonyl (C=O) groups excluding carboxylic acids is 1. The third-order valence-corrected chi connectivity index (χ3v) is 5.11. The second-order valence-electron chi connectivity index (χ2n) is 5.74. The van der Waals surface area contributed by atoms with Gasteiger partial charge in [0, 0.05) is 30.0 Å². The van der Waals surface area contributed by atoms with Crippen molar-refractivity contribution in [2.45, 2.75) is 18.1 Å². The van der Waals surface area contributed by atoms with Crippen molar-refractivity contribution in [3.05, 3.63) is 59.4 Å². The van der Waals surface area contributed by atoms with Crippen LogP contribution < -0.4 is 5.32 Å². The van der Waals surface area contributed by atoms with Crippen molar-refractivity contribution in [1.29, 1.82) is 0 Å². The Balaban J connectivity index is 1.58. The second-order valence-corrected chi connectivity index (χ2v) is 7.12. The van der Waals surface area contributed by atoms with E-state index in [0.29, 0.717) is 10.2 Å². The van der Waals surface area contributed by atoms with Gasteiger partial charge >= 0.3 is 0 Å². The average Bonchev–Trinajstić information content (AvgIpc) is 3.02. The van der Waals surface area contributed by atoms with Crippen LogP contribution in [-0.4, -0.2) is 31.4 Å². The first kappa shape index (κ1) is 18.4. The number of thioether (sulfide) groups is 1. The lowest BCUT2D eigenvalue weighted by molar-refractivity contribution is -0.119. The molecule has 1 N–H and O–H groups in total. The molecule has 8 heteroatoms. The number of halogens is 1. The van der Waals surface area contributed by atoms with Gasteiger partial charge in [0.05, 0.1) is 11.8 Å². The Morgan fingerprint density at radius 3 is 2.73 bits per heavy atom. The van der Waals surface area contributed by atoms with E-state index in [1.165, 1.54) is 11.8 Å². The summed E-state index contributed by atoms with van der Waals surface area (Å²) in [5.41, 5.74) is 1.89. The third-order valence-electron chi connectivity index (χ3n) is 3.83. The summed E-state index contributed by atoms with van der Waals surface area (Å²) in [7, 11) is 1.87. The lowest BCUT2D eigenvalue weighted by Gasteiger charge is -2.14. The van der Waals surface area contributed by atoms with Gasteiger partial charge in [0.15, 0.2) is 11.0 Å². The molecule has 134 valence electrons. The van der Waals surface area contributed by atoms with Crippen molar-refractivity contribution >= 4 is 29.3 Å². The van der Waals surface area contributed by atoms with E-state index in [1.807, 2.05) is 54.9 Å². The maximum Gasteiger partial charge on any atom is 0.230 e. The molecular formula is C18H18ClN5OS. The van der Waals surface area contributed by atoms with Crippen LogP contribution in [0.2, 0.25) is 5.02 Å². The summed E-state index contributed by atoms with van der Waals surface area (Å²) in [6.45, 7) is 1.94. The molecule has 3 rings (SSSR count). The molecule has 3 aromatic rings. The molecule has 0 bridgehead atoms. The molecule has 6 nitrogen and oxygen atoms in total. The van der Waals surface area contributed by atoms with Crippen molar-refractivity contribution in [1.82, 2.24) is 25.1 Å². The molecule has 1 atom stereocenters. The van der Waals surface area contributed by atoms with E-state index in [9.17, 15) is 4.79 Å². The van der Waals surface area contributed by atoms with Gasteiger partial charge in [0.1, 0.15) is 0 Å². The van der Waals surface area contributed by atoms with Crippen LogP contribution >= 0.6 is 23.4 Å². The van der Waals surface area contributed by atoms with Crippen molar-refractivity contribution in [2.75, 3.05) is 5.75 Å². The van der Waals surface area contributed by atoms with Crippen LogP contribution in [0, 0.1) is 0 Å². The predicted molar refractivity (Wildman–Crippen MR) is 103 cm³/mol. The molecule has 0 spiro atoms. The Bertz CT molecular complexity index is 882. The number of nitrogens with one attached hydrogen (secondary N) is 1. The molecule has 0 aliphatic heterocycles. The number of aromatic nitrogens is 4. The Morgan fingerprint density at radius 1 is 1.27 bits per heavy atom. The van der Waals surface area contributed by atoms with Gasteiger partial charge in [-0.15, -0.1) is 10.2 Å². The molecule has 0 aliphatic rings. The molecule has 0 saturated heterocycles. The van der Waals surface area contributed by atoms with Crippen LogP contribution in [0.4, 0.5) is 0 Å². The van der Waals surface area contributed by atoms with E-state index in [4.69, 9.17) is 11.6 Å². The highest BCUT2D eigenvalue weighted by atomic mass is 35.5. The van der Waals surface area contributed by atoms with Crippen molar-refractivity contribution in [2.24, 2.45) is 7.05 Å². The predicted octanol–water partition coefficient (Wildman–Crippen LogP) is 3.50. The van der Waals surface area contributed by atoms with Gasteiger partial charge in [-0.2, -0.15) is 0 Å². The number of pyridine rings is 1. The van der Waals surface area contributed by atoms with E-state index in [0.717, 1.165) is 17.0 Å². The fourth-order valence-electron chi connectivity index (χ4n) is 2.44. The SMILES string of the molecule is CC(NC(=O)CSc1nnc(-c2cccnc2)n1C)c1ccc(Cl)cc1. The summed E-state index contributed by atoms with van der Waals surface area (Å²) in [4.78, 5) is 16.3. The quantitative estimate of drug-likeness (QED) is 0.655. The lowest BCUT2D eigenvalue weighted by atomic mass is 10.1. The van der Waals surface area contributed by atoms with E-state index >= 15 is 0 Å². The Kier molecular flexibility index (Phi) is 5.90. The number of hydrogen-bond acceptors (Lipinski definition) is 5. The van der Waals surface area contributed by atoms with Gasteiger partial charge in [0.25, 0.3) is 0 Å². The molecule has 0 saturated carbocycles. The van der Waals surface area contributed by atoms with Crippen LogP contribution in [0.3, 0.4) is 0 Å². The standard InChI is InChI=1S/C18H18ClN5OS/c1-12(13-5-7-15(19)8-6-13)21-16(25)11-26-18-23-22-17(24(18)2)14-4-3-9-20-10-14/h3-10,12H,11H2,1-2H3,(H,21,25). The minimum atomic E-state index is -0.0918. The van der Waals surface area contributed by atoms with E-state index in [1.54, 1.807) is 12.4 Å². The summed E-state index contributed by atoms with van der Waals surface area (Å²) in [6.07, 6.45) is 3.45. The maximum absolute atomic E-state index is 12.2. The smallest absolute Gasteiger partial charge is 0.230 e. The second kappa shape index (κ2) is 8.33. The molecular weight excluding hydrogens is 370 g/mol. The summed E-state index contributed by atoms with van der Waals surface area (Å²) < 4.78 is 1.86. The van der Waals surface area contributed by atoms with E-state index in [2.05, 4.69) is 20.5 Å². The normalized spacial score (nSPS) is 12.0. The average molecular weight is 388 g/mol. The van der Waals surface area contributed by atoms with Crippen LogP contribution in [0.1, 0.15) is 18.5 Å². The van der Waals surface area contributed by atoms with Gasteiger partial charge < -0.3 is 9.88 Å². The van der Waals surface area contributed by atoms with Gasteiger partial charge in [-0.05, 0) is 36.8 Å². The Hall–Kier alpha value is -2.38. The number of carbonyl (C=O) groups is 1. The lowest BCUT2D eigenvalue weighted by Crippen LogP contribution is -2.28. The highest BCUT2D eigenvalue weighted by Crippen LogP contribution is 2.22. The highest BCUT2D eigenvalue weighted by Gasteiger charge is 2.14. The first-order valence-electron chi connectivity index (χ1n) is 8.02. The largest absolute Gasteiger partial charge is 0.349 e. The molecule has 1 aromatic carbocycles. The fraction of sp³-hybridized carbons (Fsp3) is 0.222. The Labute approximate surface area is 161 Å². The van der Waals surface area contributed by atoms with Gasteiger partial charge in [-0.25, -0.2) is 0 Å². The van der Waals surface area contributed by atoms with E-state index in [-0.39, 0.29) is 17.7 Å². The van der Waals surface area contributed by atoms with Crippen molar-refractivity contribution in [3.63, 3.8) is 0 Å². The molecule has 0 aliphatic carbocycles. The van der Waals surface area contributed by atoms with Gasteiger partial charge in [-0.3, -0.25) is 9.78 Å². The number of hydrogen-bond donors (Lipinski definition) is 1. The number of amides is 1. The molecule has 0 radical (unpaired) electrons. The molecule has 1 unspecified atom stereocenters. The van der Waals surface area contributed by atoms with Crippen LogP contribution in [0.15, 0.2) is 53.9 Å². The van der Waals surface area contributed by atoms with Gasteiger partial charge in [0.2, 0.25) is 5.91 Å². The van der Waals surface area contributed by atoms with Crippen LogP contribution in [0.25, 0.3) is 11.4 Å². The monoisotopic (exact) mass is 387 g/mol. The van der Waals surface area contributed by atoms with Gasteiger partial charge in [-0.1, -0.05) is 35.5 Å². The zero-order valence-corrected chi connectivity index (χ0v) is 16.0. The summed E-state index contributed by atoms with van der Waals surface area (Å²) in [5.74, 6) is 0.913. The Morgan fingerprint density at radius 2 is 2.04 bits per heavy atom. The summed E-state index contributed by atoms with van der Waals surface area (Å²) in [6, 6.07) is 11.1. The number of nitrogens with zero attached hydrogens (tertiary/aromatic N) is 4. The zero-order chi connectivity index (χ0) is 18.5. The molecule has 26 heavy (non-hydrogen) atoms. The minimum Gasteiger partial charge on any atom is -0.349 e. The summed E-state index contributed by atoms with van der Waals surface area (Å²) in [5, 5.41) is 12.7. The van der Waals surface area contributed by atoms with Crippen LogP contribution in [0.5, 0.6) is 0 Å². The minimum absolute atomic E-state index is 0.0663. The first-order chi connectivity index (χ1) is 12.5. The molecule has 1 amide bonds. The number of benzene rings is 1. The summed E-state index contributed by atoms with van der Waals surface area (Å²) >= 11 is 7.24. The first-order valence-corrected chi connectivity index (χ1v) is 9.38. The fourth-order valence-corrected chi connectivity index (χ4v) is 3.28. The van der Waals surface area contributed by atoms with Crippen LogP contribution in [-0.2, 0) is 11.8 Å². The highest BCUT2D eigenvalue weighted by molar-refractivity contribution is 7.99. The zero-order valence-electron chi connectivity index (χ0n) is 14.4. The maximum atomic E-state index is 12.2. The molecule has 2 heterocycles. The third kappa shape index (κ3) is 4.42. The van der Waals surface area contributed by atoms with Crippen molar-refractivity contribution < 1.29 is 4.79 Å².